The lowest BCUT2D eigenvalue weighted by Gasteiger charge is -2.51. The normalized spacial score (nSPS) is 18.2. The van der Waals surface area contributed by atoms with Gasteiger partial charge in [-0.15, -0.1) is 0 Å². The van der Waals surface area contributed by atoms with E-state index in [1.807, 2.05) is 18.2 Å². The molecule has 6 heteroatoms. The van der Waals surface area contributed by atoms with Crippen LogP contribution in [0.25, 0.3) is 82.1 Å². The van der Waals surface area contributed by atoms with Crippen LogP contribution in [-0.4, -0.2) is 4.57 Å². The lowest BCUT2D eigenvalue weighted by Crippen LogP contribution is -2.46. The summed E-state index contributed by atoms with van der Waals surface area (Å²) in [6.45, 7) is 0. The minimum Gasteiger partial charge on any atom is -0.610 e. The molecular weight excluding hydrogens is 629 g/mol. The van der Waals surface area contributed by atoms with Gasteiger partial charge in [0.15, 0.2) is 11.2 Å². The Hall–Kier alpha value is -6.18. The summed E-state index contributed by atoms with van der Waals surface area (Å²) in [5.41, 5.74) is 10.0. The lowest BCUT2D eigenvalue weighted by molar-refractivity contribution is 0.275. The van der Waals surface area contributed by atoms with Gasteiger partial charge in [-0.3, -0.25) is 5.32 Å². The Morgan fingerprint density at radius 2 is 1.14 bits per heavy atom. The number of nitrogens with zero attached hydrogens (tertiary/aromatic N) is 2. The van der Waals surface area contributed by atoms with Crippen LogP contribution in [0.1, 0.15) is 29.7 Å². The third-order valence-electron chi connectivity index (χ3n) is 10.4. The molecule has 7 aromatic carbocycles. The van der Waals surface area contributed by atoms with Crippen LogP contribution in [0.5, 0.6) is 0 Å². The largest absolute Gasteiger partial charge is 0.610 e. The predicted molar refractivity (Wildman–Crippen MR) is 206 cm³/mol. The maximum Gasteiger partial charge on any atom is 0.178 e. The van der Waals surface area contributed by atoms with Crippen molar-refractivity contribution in [1.29, 1.82) is 0 Å². The minimum atomic E-state index is -0.379. The number of aromatic nitrogens is 1. The maximum absolute atomic E-state index is 6.63. The fourth-order valence-electron chi connectivity index (χ4n) is 8.10. The van der Waals surface area contributed by atoms with Crippen molar-refractivity contribution in [3.63, 3.8) is 0 Å². The Labute approximate surface area is 292 Å². The summed E-state index contributed by atoms with van der Waals surface area (Å²) in [4.78, 5) is 0. The molecule has 1 fully saturated rings. The van der Waals surface area contributed by atoms with E-state index in [1.165, 1.54) is 21.9 Å². The molecule has 1 saturated heterocycles. The van der Waals surface area contributed by atoms with Crippen LogP contribution >= 0.6 is 0 Å². The highest BCUT2D eigenvalue weighted by atomic mass is 16.4. The molecule has 3 aromatic heterocycles. The summed E-state index contributed by atoms with van der Waals surface area (Å²) >= 11 is 0. The Kier molecular flexibility index (Phi) is 6.27. The molecule has 3 atom stereocenters. The zero-order chi connectivity index (χ0) is 33.5. The molecule has 3 unspecified atom stereocenters. The van der Waals surface area contributed by atoms with Crippen molar-refractivity contribution in [3.8, 4) is 11.1 Å². The molecule has 0 aliphatic carbocycles. The number of para-hydroxylation sites is 3. The van der Waals surface area contributed by atoms with Gasteiger partial charge in [0.2, 0.25) is 0 Å². The summed E-state index contributed by atoms with van der Waals surface area (Å²) in [6, 6.07) is 55.3. The first-order chi connectivity index (χ1) is 25.3. The first-order valence-corrected chi connectivity index (χ1v) is 17.4. The molecule has 51 heavy (non-hydrogen) atoms. The number of benzene rings is 7. The average molecular weight is 660 g/mol. The van der Waals surface area contributed by atoms with E-state index in [4.69, 9.17) is 14.2 Å². The first-order valence-electron chi connectivity index (χ1n) is 17.4. The quantitative estimate of drug-likeness (QED) is 0.197. The third-order valence-corrected chi connectivity index (χ3v) is 10.4. The van der Waals surface area contributed by atoms with Gasteiger partial charge < -0.3 is 24.0 Å². The maximum atomic E-state index is 6.63. The Morgan fingerprint density at radius 1 is 0.490 bits per heavy atom. The first kappa shape index (κ1) is 28.6. The molecule has 2 N–H and O–H groups in total. The number of hydrogen-bond acceptors (Lipinski definition) is 4. The Balaban J connectivity index is 1.08. The number of fused-ring (bicyclic) bond motifs is 10. The average Bonchev–Trinajstić information content (AvgIpc) is 3.88. The molecule has 0 saturated carbocycles. The summed E-state index contributed by atoms with van der Waals surface area (Å²) in [5, 5.41) is 19.9. The Bertz CT molecular complexity index is 2920. The van der Waals surface area contributed by atoms with E-state index in [0.717, 1.165) is 66.0 Å². The SMILES string of the molecule is c1ccc(-c2cccc3c4ccccc4n(C4[N-]C(c5ccc6c(c5)oc5c6ccc6c7ccccc7oc65)NC(c5ccccc5)N4)c23)cc1. The molecule has 6 nitrogen and oxygen atoms in total. The van der Waals surface area contributed by atoms with Crippen molar-refractivity contribution in [1.82, 2.24) is 15.2 Å². The second kappa shape index (κ2) is 11.2. The standard InChI is InChI=1S/C45H31N4O2/c1-3-12-27(13-4-1)30-18-11-19-34-31-16-7-9-20-37(31)49(40(30)34)45-47-43(28-14-5-2-6-15-28)46-44(48-45)29-22-23-33-36-25-24-35-32-17-8-10-21-38(32)50-41(35)42(36)51-39(33)26-29/h1-26,43-47H/q-1. The third kappa shape index (κ3) is 4.41. The highest BCUT2D eigenvalue weighted by molar-refractivity contribution is 6.19. The van der Waals surface area contributed by atoms with Gasteiger partial charge in [-0.1, -0.05) is 134 Å². The zero-order valence-electron chi connectivity index (χ0n) is 27.5. The van der Waals surface area contributed by atoms with Crippen molar-refractivity contribution in [3.05, 3.63) is 174 Å². The molecule has 244 valence electrons. The van der Waals surface area contributed by atoms with Crippen molar-refractivity contribution in [2.24, 2.45) is 0 Å². The topological polar surface area (TPSA) is 69.4 Å². The predicted octanol–water partition coefficient (Wildman–Crippen LogP) is 11.7. The van der Waals surface area contributed by atoms with Gasteiger partial charge in [0.25, 0.3) is 0 Å². The second-order valence-corrected chi connectivity index (χ2v) is 13.3. The van der Waals surface area contributed by atoms with Crippen LogP contribution < -0.4 is 10.6 Å². The molecule has 10 aromatic rings. The molecule has 1 aliphatic heterocycles. The van der Waals surface area contributed by atoms with E-state index in [-0.39, 0.29) is 18.6 Å². The molecule has 0 spiro atoms. The molecule has 0 bridgehead atoms. The van der Waals surface area contributed by atoms with E-state index in [1.54, 1.807) is 0 Å². The van der Waals surface area contributed by atoms with E-state index >= 15 is 0 Å². The lowest BCUT2D eigenvalue weighted by atomic mass is 10.0. The van der Waals surface area contributed by atoms with Crippen molar-refractivity contribution < 1.29 is 8.83 Å². The van der Waals surface area contributed by atoms with E-state index in [0.29, 0.717) is 0 Å². The van der Waals surface area contributed by atoms with Crippen molar-refractivity contribution >= 4 is 65.7 Å². The van der Waals surface area contributed by atoms with Gasteiger partial charge >= 0.3 is 0 Å². The summed E-state index contributed by atoms with van der Waals surface area (Å²) < 4.78 is 15.4. The molecule has 0 radical (unpaired) electrons. The summed E-state index contributed by atoms with van der Waals surface area (Å²) in [6.07, 6.45) is -0.874. The van der Waals surface area contributed by atoms with E-state index in [9.17, 15) is 0 Å². The highest BCUT2D eigenvalue weighted by Crippen LogP contribution is 2.44. The van der Waals surface area contributed by atoms with Gasteiger partial charge in [0.05, 0.1) is 11.7 Å². The fraction of sp³-hybridized carbons (Fsp3) is 0.0667. The molecule has 11 rings (SSSR count). The second-order valence-electron chi connectivity index (χ2n) is 13.3. The highest BCUT2D eigenvalue weighted by Gasteiger charge is 2.26. The van der Waals surface area contributed by atoms with Gasteiger partial charge in [-0.25, -0.2) is 0 Å². The smallest absolute Gasteiger partial charge is 0.178 e. The van der Waals surface area contributed by atoms with E-state index in [2.05, 4.69) is 155 Å². The van der Waals surface area contributed by atoms with Crippen LogP contribution in [0.15, 0.2) is 167 Å². The fourth-order valence-corrected chi connectivity index (χ4v) is 8.10. The number of rotatable bonds is 4. The van der Waals surface area contributed by atoms with Crippen LogP contribution in [-0.2, 0) is 0 Å². The van der Waals surface area contributed by atoms with Crippen LogP contribution in [0, 0.1) is 0 Å². The number of nitrogens with one attached hydrogen (secondary N) is 2. The van der Waals surface area contributed by atoms with Crippen LogP contribution in [0.4, 0.5) is 0 Å². The molecule has 1 aliphatic rings. The van der Waals surface area contributed by atoms with Gasteiger partial charge in [-0.2, -0.15) is 0 Å². The number of hydrogen-bond donors (Lipinski definition) is 2. The van der Waals surface area contributed by atoms with Crippen LogP contribution in [0.2, 0.25) is 0 Å². The van der Waals surface area contributed by atoms with Crippen molar-refractivity contribution in [2.75, 3.05) is 0 Å². The Morgan fingerprint density at radius 3 is 1.96 bits per heavy atom. The monoisotopic (exact) mass is 659 g/mol. The van der Waals surface area contributed by atoms with E-state index < -0.39 is 0 Å². The molecule has 4 heterocycles. The minimum absolute atomic E-state index is 0.166. The van der Waals surface area contributed by atoms with Crippen LogP contribution in [0.3, 0.4) is 0 Å². The van der Waals surface area contributed by atoms with Crippen molar-refractivity contribution in [2.45, 2.75) is 18.6 Å². The van der Waals surface area contributed by atoms with Gasteiger partial charge in [0.1, 0.15) is 11.2 Å². The van der Waals surface area contributed by atoms with Gasteiger partial charge in [-0.05, 0) is 53.3 Å². The zero-order valence-corrected chi connectivity index (χ0v) is 27.5. The molecular formula is C45H31N4O2-. The summed E-state index contributed by atoms with van der Waals surface area (Å²) in [7, 11) is 0. The van der Waals surface area contributed by atoms with Gasteiger partial charge in [0, 0.05) is 43.4 Å². The molecule has 0 amide bonds. The number of furan rings is 2. The summed E-state index contributed by atoms with van der Waals surface area (Å²) in [5.74, 6) is 0.